The first-order chi connectivity index (χ1) is 13.2. The minimum Gasteiger partial charge on any atom is -0.481 e. The van der Waals surface area contributed by atoms with E-state index in [1.165, 1.54) is 5.56 Å². The number of carbonyl (C=O) groups excluding carboxylic acids is 2. The molecule has 0 bridgehead atoms. The molecule has 0 heterocycles. The van der Waals surface area contributed by atoms with Gasteiger partial charge in [-0.25, -0.2) is 0 Å². The van der Waals surface area contributed by atoms with Gasteiger partial charge in [-0.3, -0.25) is 9.59 Å². The maximum Gasteiger partial charge on any atom is 0.265 e. The first-order valence-corrected chi connectivity index (χ1v) is 9.67. The summed E-state index contributed by atoms with van der Waals surface area (Å²) in [6.45, 7) is 10.1. The van der Waals surface area contributed by atoms with Gasteiger partial charge >= 0.3 is 0 Å². The van der Waals surface area contributed by atoms with Crippen LogP contribution in [0.15, 0.2) is 48.5 Å². The van der Waals surface area contributed by atoms with Crippen LogP contribution in [0.5, 0.6) is 5.75 Å². The van der Waals surface area contributed by atoms with Gasteiger partial charge in [-0.1, -0.05) is 45.9 Å². The highest BCUT2D eigenvalue weighted by atomic mass is 16.5. The van der Waals surface area contributed by atoms with E-state index in [4.69, 9.17) is 4.74 Å². The van der Waals surface area contributed by atoms with Gasteiger partial charge in [0.1, 0.15) is 5.75 Å². The Hall–Kier alpha value is -2.82. The van der Waals surface area contributed by atoms with E-state index in [9.17, 15) is 9.59 Å². The topological polar surface area (TPSA) is 67.4 Å². The number of hydrogen-bond acceptors (Lipinski definition) is 3. The molecule has 0 spiro atoms. The lowest BCUT2D eigenvalue weighted by Crippen LogP contribution is -2.30. The monoisotopic (exact) mass is 382 g/mol. The van der Waals surface area contributed by atoms with Crippen molar-refractivity contribution in [3.8, 4) is 5.75 Å². The standard InChI is InChI=1S/C23H30N2O3/c1-6-8-21(26)24-18-9-7-10-19(15-18)25-22(27)16(2)28-20-13-11-17(12-14-20)23(3,4)5/h7,9-16H,6,8H2,1-5H3,(H,24,26)(H,25,27). The van der Waals surface area contributed by atoms with Crippen molar-refractivity contribution in [3.63, 3.8) is 0 Å². The molecule has 0 aliphatic heterocycles. The van der Waals surface area contributed by atoms with E-state index in [1.807, 2.05) is 31.2 Å². The fourth-order valence-electron chi connectivity index (χ4n) is 2.66. The van der Waals surface area contributed by atoms with E-state index < -0.39 is 6.10 Å². The summed E-state index contributed by atoms with van der Waals surface area (Å²) in [6.07, 6.45) is 0.599. The zero-order chi connectivity index (χ0) is 20.7. The van der Waals surface area contributed by atoms with Crippen LogP contribution in [0.2, 0.25) is 0 Å². The molecule has 1 atom stereocenters. The summed E-state index contributed by atoms with van der Waals surface area (Å²) in [5.74, 6) is 0.356. The first kappa shape index (κ1) is 21.5. The Labute approximate surface area is 167 Å². The van der Waals surface area contributed by atoms with Crippen LogP contribution in [-0.4, -0.2) is 17.9 Å². The molecule has 2 aromatic rings. The van der Waals surface area contributed by atoms with Crippen LogP contribution in [0, 0.1) is 0 Å². The lowest BCUT2D eigenvalue weighted by Gasteiger charge is -2.20. The largest absolute Gasteiger partial charge is 0.481 e. The summed E-state index contributed by atoms with van der Waals surface area (Å²) < 4.78 is 5.76. The SMILES string of the molecule is CCCC(=O)Nc1cccc(NC(=O)C(C)Oc2ccc(C(C)(C)C)cc2)c1. The molecule has 0 aliphatic carbocycles. The van der Waals surface area contributed by atoms with E-state index in [1.54, 1.807) is 31.2 Å². The highest BCUT2D eigenvalue weighted by Gasteiger charge is 2.17. The smallest absolute Gasteiger partial charge is 0.265 e. The molecule has 2 aromatic carbocycles. The van der Waals surface area contributed by atoms with E-state index in [-0.39, 0.29) is 17.2 Å². The van der Waals surface area contributed by atoms with E-state index in [0.29, 0.717) is 23.5 Å². The molecule has 150 valence electrons. The van der Waals surface area contributed by atoms with E-state index >= 15 is 0 Å². The van der Waals surface area contributed by atoms with Gasteiger partial charge in [0, 0.05) is 17.8 Å². The third-order valence-electron chi connectivity index (χ3n) is 4.29. The van der Waals surface area contributed by atoms with Gasteiger partial charge in [-0.2, -0.15) is 0 Å². The summed E-state index contributed by atoms with van der Waals surface area (Å²) in [4.78, 5) is 24.2. The molecule has 0 saturated heterocycles. The van der Waals surface area contributed by atoms with Crippen molar-refractivity contribution >= 4 is 23.2 Å². The number of amides is 2. The van der Waals surface area contributed by atoms with E-state index in [0.717, 1.165) is 6.42 Å². The number of anilines is 2. The predicted molar refractivity (Wildman–Crippen MR) is 114 cm³/mol. The summed E-state index contributed by atoms with van der Waals surface area (Å²) in [6, 6.07) is 14.9. The number of nitrogens with one attached hydrogen (secondary N) is 2. The van der Waals surface area contributed by atoms with Crippen molar-refractivity contribution in [3.05, 3.63) is 54.1 Å². The van der Waals surface area contributed by atoms with Crippen molar-refractivity contribution in [2.45, 2.75) is 59.0 Å². The average Bonchev–Trinajstić information content (AvgIpc) is 2.61. The Bertz CT molecular complexity index is 807. The van der Waals surface area contributed by atoms with Crippen LogP contribution in [0.3, 0.4) is 0 Å². The van der Waals surface area contributed by atoms with Crippen LogP contribution >= 0.6 is 0 Å². The maximum absolute atomic E-state index is 12.5. The summed E-state index contributed by atoms with van der Waals surface area (Å²) in [7, 11) is 0. The van der Waals surface area contributed by atoms with Gasteiger partial charge in [-0.05, 0) is 54.7 Å². The normalized spacial score (nSPS) is 12.2. The molecule has 2 amide bonds. The molecule has 0 saturated carbocycles. The molecule has 1 unspecified atom stereocenters. The minimum absolute atomic E-state index is 0.0404. The van der Waals surface area contributed by atoms with Gasteiger partial charge < -0.3 is 15.4 Å². The van der Waals surface area contributed by atoms with Gasteiger partial charge in [0.25, 0.3) is 5.91 Å². The fourth-order valence-corrected chi connectivity index (χ4v) is 2.66. The Kier molecular flexibility index (Phi) is 7.21. The molecule has 5 heteroatoms. The van der Waals surface area contributed by atoms with E-state index in [2.05, 4.69) is 31.4 Å². The van der Waals surface area contributed by atoms with Crippen LogP contribution in [-0.2, 0) is 15.0 Å². The van der Waals surface area contributed by atoms with Gasteiger partial charge in [0.15, 0.2) is 6.10 Å². The van der Waals surface area contributed by atoms with Crippen LogP contribution in [0.25, 0.3) is 0 Å². The number of carbonyl (C=O) groups is 2. The van der Waals surface area contributed by atoms with Crippen LogP contribution in [0.4, 0.5) is 11.4 Å². The lowest BCUT2D eigenvalue weighted by atomic mass is 9.87. The highest BCUT2D eigenvalue weighted by molar-refractivity contribution is 5.96. The molecule has 2 rings (SSSR count). The second-order valence-electron chi connectivity index (χ2n) is 7.90. The Morgan fingerprint density at radius 3 is 2.18 bits per heavy atom. The minimum atomic E-state index is -0.654. The molecule has 5 nitrogen and oxygen atoms in total. The molecule has 0 aromatic heterocycles. The second kappa shape index (κ2) is 9.40. The molecular formula is C23H30N2O3. The number of hydrogen-bond donors (Lipinski definition) is 2. The van der Waals surface area contributed by atoms with Crippen molar-refractivity contribution in [2.24, 2.45) is 0 Å². The summed E-state index contributed by atoms with van der Waals surface area (Å²) in [5.41, 5.74) is 2.54. The van der Waals surface area contributed by atoms with Crippen LogP contribution in [0.1, 0.15) is 53.0 Å². The molecule has 28 heavy (non-hydrogen) atoms. The molecule has 0 radical (unpaired) electrons. The molecule has 0 fully saturated rings. The van der Waals surface area contributed by atoms with Crippen molar-refractivity contribution in [2.75, 3.05) is 10.6 Å². The lowest BCUT2D eigenvalue weighted by molar-refractivity contribution is -0.122. The second-order valence-corrected chi connectivity index (χ2v) is 7.90. The highest BCUT2D eigenvalue weighted by Crippen LogP contribution is 2.25. The summed E-state index contributed by atoms with van der Waals surface area (Å²) >= 11 is 0. The average molecular weight is 383 g/mol. The maximum atomic E-state index is 12.5. The Balaban J connectivity index is 1.96. The third-order valence-corrected chi connectivity index (χ3v) is 4.29. The summed E-state index contributed by atoms with van der Waals surface area (Å²) in [5, 5.41) is 5.65. The quantitative estimate of drug-likeness (QED) is 0.698. The molecule has 0 aliphatic rings. The van der Waals surface area contributed by atoms with Crippen molar-refractivity contribution < 1.29 is 14.3 Å². The van der Waals surface area contributed by atoms with Crippen molar-refractivity contribution in [1.82, 2.24) is 0 Å². The third kappa shape index (κ3) is 6.41. The molecule has 2 N–H and O–H groups in total. The zero-order valence-electron chi connectivity index (χ0n) is 17.3. The van der Waals surface area contributed by atoms with Crippen LogP contribution < -0.4 is 15.4 Å². The first-order valence-electron chi connectivity index (χ1n) is 9.67. The zero-order valence-corrected chi connectivity index (χ0v) is 17.3. The number of ether oxygens (including phenoxy) is 1. The predicted octanol–water partition coefficient (Wildman–Crippen LogP) is 5.13. The Morgan fingerprint density at radius 2 is 1.61 bits per heavy atom. The van der Waals surface area contributed by atoms with Gasteiger partial charge in [-0.15, -0.1) is 0 Å². The van der Waals surface area contributed by atoms with Gasteiger partial charge in [0.2, 0.25) is 5.91 Å². The Morgan fingerprint density at radius 1 is 1.00 bits per heavy atom. The fraction of sp³-hybridized carbons (Fsp3) is 0.391. The number of rotatable bonds is 7. The number of benzene rings is 2. The van der Waals surface area contributed by atoms with Crippen molar-refractivity contribution in [1.29, 1.82) is 0 Å². The van der Waals surface area contributed by atoms with Gasteiger partial charge in [0.05, 0.1) is 0 Å². The molecular weight excluding hydrogens is 352 g/mol.